The number of hydrogen-bond acceptors (Lipinski definition) is 7. The molecule has 9 nitrogen and oxygen atoms in total. The quantitative estimate of drug-likeness (QED) is 0.256. The third kappa shape index (κ3) is 3.88. The number of ether oxygens (including phenoxy) is 2. The van der Waals surface area contributed by atoms with Gasteiger partial charge in [-0.05, 0) is 48.4 Å². The van der Waals surface area contributed by atoms with E-state index < -0.39 is 4.92 Å². The molecule has 0 fully saturated rings. The number of hydrogen-bond donors (Lipinski definition) is 0. The maximum atomic E-state index is 11.1. The molecule has 170 valence electrons. The van der Waals surface area contributed by atoms with Gasteiger partial charge in [0.25, 0.3) is 5.69 Å². The molecule has 2 heterocycles. The van der Waals surface area contributed by atoms with Crippen LogP contribution in [0.5, 0.6) is 11.5 Å². The SMILES string of the molecule is COc1ccc(CCn2c(-c3ccc([N+](=O)[O-])cc3)nc3nc4ccccc4nc32)cc1OC. The number of imidazole rings is 1. The number of non-ortho nitro benzene ring substituents is 1. The second-order valence-electron chi connectivity index (χ2n) is 7.69. The van der Waals surface area contributed by atoms with E-state index in [1.165, 1.54) is 12.1 Å². The first kappa shape index (κ1) is 21.3. The molecule has 0 N–H and O–H groups in total. The average Bonchev–Trinajstić information content (AvgIpc) is 3.23. The Labute approximate surface area is 194 Å². The molecule has 0 aliphatic carbocycles. The largest absolute Gasteiger partial charge is 0.493 e. The summed E-state index contributed by atoms with van der Waals surface area (Å²) in [6.07, 6.45) is 0.681. The van der Waals surface area contributed by atoms with Crippen molar-refractivity contribution in [3.63, 3.8) is 0 Å². The third-order valence-electron chi connectivity index (χ3n) is 5.67. The molecule has 0 spiro atoms. The van der Waals surface area contributed by atoms with Gasteiger partial charge in [-0.2, -0.15) is 0 Å². The zero-order valence-corrected chi connectivity index (χ0v) is 18.6. The Morgan fingerprint density at radius 1 is 0.882 bits per heavy atom. The van der Waals surface area contributed by atoms with Gasteiger partial charge in [0.2, 0.25) is 0 Å². The highest BCUT2D eigenvalue weighted by Crippen LogP contribution is 2.30. The van der Waals surface area contributed by atoms with Crippen molar-refractivity contribution in [2.75, 3.05) is 14.2 Å². The second kappa shape index (κ2) is 8.78. The number of rotatable bonds is 7. The molecule has 0 atom stereocenters. The van der Waals surface area contributed by atoms with Crippen LogP contribution >= 0.6 is 0 Å². The molecular formula is C25H21N5O4. The maximum absolute atomic E-state index is 11.1. The van der Waals surface area contributed by atoms with E-state index >= 15 is 0 Å². The van der Waals surface area contributed by atoms with Crippen molar-refractivity contribution < 1.29 is 14.4 Å². The van der Waals surface area contributed by atoms with Crippen molar-refractivity contribution in [3.8, 4) is 22.9 Å². The van der Waals surface area contributed by atoms with Crippen LogP contribution in [-0.2, 0) is 13.0 Å². The van der Waals surface area contributed by atoms with Gasteiger partial charge in [0.05, 0.1) is 30.2 Å². The molecule has 9 heteroatoms. The summed E-state index contributed by atoms with van der Waals surface area (Å²) in [4.78, 5) is 25.0. The minimum Gasteiger partial charge on any atom is -0.493 e. The fraction of sp³-hybridized carbons (Fsp3) is 0.160. The zero-order chi connectivity index (χ0) is 23.7. The van der Waals surface area contributed by atoms with E-state index in [9.17, 15) is 10.1 Å². The lowest BCUT2D eigenvalue weighted by molar-refractivity contribution is -0.384. The highest BCUT2D eigenvalue weighted by atomic mass is 16.6. The van der Waals surface area contributed by atoms with Crippen molar-refractivity contribution in [1.82, 2.24) is 19.5 Å². The van der Waals surface area contributed by atoms with Crippen LogP contribution in [-0.4, -0.2) is 38.7 Å². The van der Waals surface area contributed by atoms with Crippen molar-refractivity contribution in [1.29, 1.82) is 0 Å². The Hall–Kier alpha value is -4.53. The van der Waals surface area contributed by atoms with E-state index in [0.717, 1.165) is 22.2 Å². The number of para-hydroxylation sites is 2. The predicted molar refractivity (Wildman–Crippen MR) is 128 cm³/mol. The lowest BCUT2D eigenvalue weighted by Gasteiger charge is -2.12. The number of aromatic nitrogens is 4. The fourth-order valence-electron chi connectivity index (χ4n) is 3.94. The summed E-state index contributed by atoms with van der Waals surface area (Å²) in [5.74, 6) is 1.99. The normalized spacial score (nSPS) is 11.1. The highest BCUT2D eigenvalue weighted by molar-refractivity contribution is 5.84. The first-order chi connectivity index (χ1) is 16.6. The van der Waals surface area contributed by atoms with E-state index in [1.54, 1.807) is 26.4 Å². The Balaban J connectivity index is 1.59. The number of nitro groups is 1. The van der Waals surface area contributed by atoms with Gasteiger partial charge in [0.15, 0.2) is 22.8 Å². The Morgan fingerprint density at radius 3 is 2.26 bits per heavy atom. The monoisotopic (exact) mass is 455 g/mol. The summed E-state index contributed by atoms with van der Waals surface area (Å²) in [6, 6.07) is 19.8. The van der Waals surface area contributed by atoms with Crippen LogP contribution in [0.2, 0.25) is 0 Å². The van der Waals surface area contributed by atoms with Gasteiger partial charge < -0.3 is 14.0 Å². The fourth-order valence-corrected chi connectivity index (χ4v) is 3.94. The number of aryl methyl sites for hydroxylation is 2. The number of methoxy groups -OCH3 is 2. The van der Waals surface area contributed by atoms with Gasteiger partial charge in [0, 0.05) is 24.2 Å². The smallest absolute Gasteiger partial charge is 0.269 e. The molecule has 2 aromatic heterocycles. The summed E-state index contributed by atoms with van der Waals surface area (Å²) in [6.45, 7) is 0.575. The molecule has 0 unspecified atom stereocenters. The summed E-state index contributed by atoms with van der Waals surface area (Å²) >= 11 is 0. The molecule has 0 saturated heterocycles. The molecule has 0 radical (unpaired) electrons. The summed E-state index contributed by atoms with van der Waals surface area (Å²) in [7, 11) is 3.22. The molecule has 0 saturated carbocycles. The van der Waals surface area contributed by atoms with E-state index in [2.05, 4.69) is 0 Å². The topological polar surface area (TPSA) is 105 Å². The van der Waals surface area contributed by atoms with Crippen LogP contribution in [0, 0.1) is 10.1 Å². The number of nitro benzene ring substituents is 1. The van der Waals surface area contributed by atoms with Crippen LogP contribution in [0.1, 0.15) is 5.56 Å². The summed E-state index contributed by atoms with van der Waals surface area (Å²) < 4.78 is 12.8. The van der Waals surface area contributed by atoms with E-state index in [4.69, 9.17) is 24.4 Å². The number of fused-ring (bicyclic) bond motifs is 2. The van der Waals surface area contributed by atoms with E-state index in [1.807, 2.05) is 47.0 Å². The van der Waals surface area contributed by atoms with E-state index in [0.29, 0.717) is 41.6 Å². The Morgan fingerprint density at radius 2 is 1.59 bits per heavy atom. The van der Waals surface area contributed by atoms with Gasteiger partial charge in [-0.15, -0.1) is 0 Å². The minimum absolute atomic E-state index is 0.0266. The van der Waals surface area contributed by atoms with Gasteiger partial charge in [0.1, 0.15) is 5.82 Å². The van der Waals surface area contributed by atoms with Crippen LogP contribution < -0.4 is 9.47 Å². The van der Waals surface area contributed by atoms with Crippen molar-refractivity contribution in [2.45, 2.75) is 13.0 Å². The standard InChI is InChI=1S/C25H21N5O4/c1-33-21-12-7-16(15-22(21)34-2)13-14-29-24(17-8-10-18(11-9-17)30(31)32)28-23-25(29)27-20-6-4-3-5-19(20)26-23/h3-12,15H,13-14H2,1-2H3. The number of nitrogens with zero attached hydrogens (tertiary/aromatic N) is 5. The highest BCUT2D eigenvalue weighted by Gasteiger charge is 2.17. The van der Waals surface area contributed by atoms with Crippen molar-refractivity contribution >= 4 is 28.0 Å². The lowest BCUT2D eigenvalue weighted by Crippen LogP contribution is -2.05. The molecule has 0 aliphatic heterocycles. The average molecular weight is 455 g/mol. The van der Waals surface area contributed by atoms with Gasteiger partial charge in [-0.25, -0.2) is 15.0 Å². The second-order valence-corrected chi connectivity index (χ2v) is 7.69. The summed E-state index contributed by atoms with van der Waals surface area (Å²) in [5, 5.41) is 11.1. The first-order valence-corrected chi connectivity index (χ1v) is 10.7. The molecule has 5 aromatic rings. The van der Waals surface area contributed by atoms with Crippen LogP contribution in [0.3, 0.4) is 0 Å². The van der Waals surface area contributed by atoms with Gasteiger partial charge in [-0.3, -0.25) is 10.1 Å². The molecule has 0 amide bonds. The van der Waals surface area contributed by atoms with Crippen molar-refractivity contribution in [2.24, 2.45) is 0 Å². The number of benzene rings is 3. The molecule has 0 aliphatic rings. The van der Waals surface area contributed by atoms with Crippen molar-refractivity contribution in [3.05, 3.63) is 82.4 Å². The molecular weight excluding hydrogens is 434 g/mol. The summed E-state index contributed by atoms with van der Waals surface area (Å²) in [5.41, 5.74) is 4.56. The Kier molecular flexibility index (Phi) is 5.51. The predicted octanol–water partition coefficient (Wildman–Crippen LogP) is 4.81. The van der Waals surface area contributed by atoms with E-state index in [-0.39, 0.29) is 5.69 Å². The van der Waals surface area contributed by atoms with Gasteiger partial charge in [-0.1, -0.05) is 18.2 Å². The molecule has 0 bridgehead atoms. The van der Waals surface area contributed by atoms with Crippen LogP contribution in [0.25, 0.3) is 33.7 Å². The van der Waals surface area contributed by atoms with Crippen LogP contribution in [0.15, 0.2) is 66.7 Å². The minimum atomic E-state index is -0.417. The Bertz CT molecular complexity index is 1510. The zero-order valence-electron chi connectivity index (χ0n) is 18.6. The van der Waals surface area contributed by atoms with Crippen LogP contribution in [0.4, 0.5) is 5.69 Å². The molecule has 34 heavy (non-hydrogen) atoms. The first-order valence-electron chi connectivity index (χ1n) is 10.7. The van der Waals surface area contributed by atoms with Gasteiger partial charge >= 0.3 is 0 Å². The third-order valence-corrected chi connectivity index (χ3v) is 5.67. The molecule has 3 aromatic carbocycles. The maximum Gasteiger partial charge on any atom is 0.269 e. The molecule has 5 rings (SSSR count). The lowest BCUT2D eigenvalue weighted by atomic mass is 10.1.